The number of aromatic nitrogens is 2. The van der Waals surface area contributed by atoms with Crippen molar-refractivity contribution in [3.8, 4) is 0 Å². The van der Waals surface area contributed by atoms with Crippen molar-refractivity contribution in [2.24, 2.45) is 5.92 Å². The maximum absolute atomic E-state index is 11.0. The predicted octanol–water partition coefficient (Wildman–Crippen LogP) is 1.76. The molecular weight excluding hydrogens is 238 g/mol. The lowest BCUT2D eigenvalue weighted by Crippen LogP contribution is -2.51. The summed E-state index contributed by atoms with van der Waals surface area (Å²) in [5, 5.41) is 19.0. The Labute approximate surface area is 116 Å². The van der Waals surface area contributed by atoms with E-state index in [1.165, 1.54) is 5.69 Å². The summed E-state index contributed by atoms with van der Waals surface area (Å²) in [5.41, 5.74) is 1.74. The van der Waals surface area contributed by atoms with Gasteiger partial charge in [0.1, 0.15) is 0 Å². The first kappa shape index (κ1) is 14.5. The first-order valence-electron chi connectivity index (χ1n) is 7.61. The van der Waals surface area contributed by atoms with Gasteiger partial charge in [0.25, 0.3) is 0 Å². The van der Waals surface area contributed by atoms with Gasteiger partial charge in [0.05, 0.1) is 11.3 Å². The van der Waals surface area contributed by atoms with Crippen molar-refractivity contribution in [3.63, 3.8) is 0 Å². The summed E-state index contributed by atoms with van der Waals surface area (Å²) in [7, 11) is 0. The van der Waals surface area contributed by atoms with Gasteiger partial charge in [0.15, 0.2) is 0 Å². The Bertz CT molecular complexity index is 416. The highest BCUT2D eigenvalue weighted by atomic mass is 16.3. The van der Waals surface area contributed by atoms with E-state index >= 15 is 0 Å². The maximum atomic E-state index is 11.0. The van der Waals surface area contributed by atoms with E-state index in [0.717, 1.165) is 51.0 Å². The van der Waals surface area contributed by atoms with Crippen molar-refractivity contribution in [2.45, 2.75) is 58.6 Å². The standard InChI is InChI=1S/C15H27N3O/c1-4-12-11-16-8-7-15(12,19)10-14-9-13(5-2)17-18(14)6-3/h9,12,16,19H,4-8,10-11H2,1-3H3. The van der Waals surface area contributed by atoms with Crippen LogP contribution in [0.5, 0.6) is 0 Å². The topological polar surface area (TPSA) is 50.1 Å². The molecule has 1 aromatic rings. The number of nitrogens with zero attached hydrogens (tertiary/aromatic N) is 2. The van der Waals surface area contributed by atoms with Gasteiger partial charge in [-0.15, -0.1) is 0 Å². The van der Waals surface area contributed by atoms with Crippen molar-refractivity contribution < 1.29 is 5.11 Å². The Morgan fingerprint density at radius 3 is 2.89 bits per heavy atom. The smallest absolute Gasteiger partial charge is 0.0754 e. The number of aliphatic hydroxyl groups is 1. The third kappa shape index (κ3) is 3.00. The Kier molecular flexibility index (Phi) is 4.63. The molecule has 19 heavy (non-hydrogen) atoms. The van der Waals surface area contributed by atoms with E-state index in [1.807, 2.05) is 4.68 Å². The fourth-order valence-electron chi connectivity index (χ4n) is 3.15. The van der Waals surface area contributed by atoms with Gasteiger partial charge >= 0.3 is 0 Å². The van der Waals surface area contributed by atoms with E-state index in [0.29, 0.717) is 5.92 Å². The Morgan fingerprint density at radius 2 is 2.26 bits per heavy atom. The summed E-state index contributed by atoms with van der Waals surface area (Å²) >= 11 is 0. The number of rotatable bonds is 5. The summed E-state index contributed by atoms with van der Waals surface area (Å²) in [5.74, 6) is 0.339. The highest BCUT2D eigenvalue weighted by Gasteiger charge is 2.38. The Balaban J connectivity index is 2.20. The molecule has 2 N–H and O–H groups in total. The second-order valence-electron chi connectivity index (χ2n) is 5.64. The van der Waals surface area contributed by atoms with Gasteiger partial charge in [-0.25, -0.2) is 0 Å². The molecular formula is C15H27N3O. The van der Waals surface area contributed by atoms with Gasteiger partial charge in [-0.2, -0.15) is 5.10 Å². The largest absolute Gasteiger partial charge is 0.389 e. The molecule has 0 bridgehead atoms. The molecule has 1 fully saturated rings. The molecule has 4 nitrogen and oxygen atoms in total. The molecule has 108 valence electrons. The molecule has 0 aliphatic carbocycles. The summed E-state index contributed by atoms with van der Waals surface area (Å²) in [4.78, 5) is 0. The molecule has 2 rings (SSSR count). The summed E-state index contributed by atoms with van der Waals surface area (Å²) in [6.45, 7) is 9.11. The average molecular weight is 265 g/mol. The minimum absolute atomic E-state index is 0.339. The number of nitrogens with one attached hydrogen (secondary N) is 1. The van der Waals surface area contributed by atoms with Crippen molar-refractivity contribution >= 4 is 0 Å². The van der Waals surface area contributed by atoms with Gasteiger partial charge < -0.3 is 10.4 Å². The normalized spacial score (nSPS) is 27.7. The van der Waals surface area contributed by atoms with E-state index in [4.69, 9.17) is 0 Å². The second-order valence-corrected chi connectivity index (χ2v) is 5.64. The van der Waals surface area contributed by atoms with Gasteiger partial charge in [-0.3, -0.25) is 4.68 Å². The van der Waals surface area contributed by atoms with Crippen molar-refractivity contribution in [1.29, 1.82) is 0 Å². The van der Waals surface area contributed by atoms with Crippen LogP contribution < -0.4 is 5.32 Å². The summed E-state index contributed by atoms with van der Waals surface area (Å²) in [6.07, 6.45) is 3.54. The second kappa shape index (κ2) is 6.06. The highest BCUT2D eigenvalue weighted by Crippen LogP contribution is 2.31. The van der Waals surface area contributed by atoms with E-state index in [1.54, 1.807) is 0 Å². The molecule has 1 aliphatic rings. The summed E-state index contributed by atoms with van der Waals surface area (Å²) < 4.78 is 2.05. The maximum Gasteiger partial charge on any atom is 0.0754 e. The number of aryl methyl sites for hydroxylation is 2. The molecule has 2 atom stereocenters. The van der Waals surface area contributed by atoms with Crippen LogP contribution in [0.15, 0.2) is 6.07 Å². The monoisotopic (exact) mass is 265 g/mol. The Morgan fingerprint density at radius 1 is 1.47 bits per heavy atom. The lowest BCUT2D eigenvalue weighted by Gasteiger charge is -2.40. The minimum atomic E-state index is -0.571. The zero-order chi connectivity index (χ0) is 13.9. The van der Waals surface area contributed by atoms with Gasteiger partial charge in [0.2, 0.25) is 0 Å². The quantitative estimate of drug-likeness (QED) is 0.853. The van der Waals surface area contributed by atoms with Gasteiger partial charge in [-0.05, 0) is 38.8 Å². The van der Waals surface area contributed by atoms with Crippen LogP contribution in [0.25, 0.3) is 0 Å². The van der Waals surface area contributed by atoms with Crippen LogP contribution in [0.3, 0.4) is 0 Å². The molecule has 0 aromatic carbocycles. The van der Waals surface area contributed by atoms with Crippen LogP contribution >= 0.6 is 0 Å². The molecule has 1 aromatic heterocycles. The average Bonchev–Trinajstić information content (AvgIpc) is 2.81. The van der Waals surface area contributed by atoms with Crippen LogP contribution in [0, 0.1) is 5.92 Å². The van der Waals surface area contributed by atoms with Crippen molar-refractivity contribution in [1.82, 2.24) is 15.1 Å². The van der Waals surface area contributed by atoms with Gasteiger partial charge in [-0.1, -0.05) is 13.8 Å². The molecule has 2 unspecified atom stereocenters. The first-order chi connectivity index (χ1) is 9.12. The van der Waals surface area contributed by atoms with Crippen LogP contribution in [-0.2, 0) is 19.4 Å². The van der Waals surface area contributed by atoms with Crippen molar-refractivity contribution in [2.75, 3.05) is 13.1 Å². The zero-order valence-corrected chi connectivity index (χ0v) is 12.4. The van der Waals surface area contributed by atoms with E-state index in [9.17, 15) is 5.11 Å². The SMILES string of the molecule is CCc1cc(CC2(O)CCNCC2CC)n(CC)n1. The van der Waals surface area contributed by atoms with Crippen LogP contribution in [0.1, 0.15) is 45.0 Å². The Hall–Kier alpha value is -0.870. The molecule has 0 saturated carbocycles. The molecule has 1 aliphatic heterocycles. The molecule has 0 amide bonds. The minimum Gasteiger partial charge on any atom is -0.389 e. The summed E-state index contributed by atoms with van der Waals surface area (Å²) in [6, 6.07) is 2.16. The fraction of sp³-hybridized carbons (Fsp3) is 0.800. The first-order valence-corrected chi connectivity index (χ1v) is 7.61. The molecule has 0 spiro atoms. The fourth-order valence-corrected chi connectivity index (χ4v) is 3.15. The zero-order valence-electron chi connectivity index (χ0n) is 12.4. The predicted molar refractivity (Wildman–Crippen MR) is 77.2 cm³/mol. The molecule has 4 heteroatoms. The van der Waals surface area contributed by atoms with E-state index in [-0.39, 0.29) is 0 Å². The highest BCUT2D eigenvalue weighted by molar-refractivity contribution is 5.14. The lowest BCUT2D eigenvalue weighted by molar-refractivity contribution is -0.0428. The van der Waals surface area contributed by atoms with Crippen LogP contribution in [0.4, 0.5) is 0 Å². The third-order valence-electron chi connectivity index (χ3n) is 4.44. The van der Waals surface area contributed by atoms with Crippen LogP contribution in [0.2, 0.25) is 0 Å². The molecule has 1 saturated heterocycles. The molecule has 0 radical (unpaired) electrons. The number of hydrogen-bond donors (Lipinski definition) is 2. The van der Waals surface area contributed by atoms with Gasteiger partial charge in [0, 0.05) is 31.1 Å². The number of hydrogen-bond acceptors (Lipinski definition) is 3. The van der Waals surface area contributed by atoms with Crippen molar-refractivity contribution in [3.05, 3.63) is 17.5 Å². The van der Waals surface area contributed by atoms with E-state index < -0.39 is 5.60 Å². The molecule has 2 heterocycles. The third-order valence-corrected chi connectivity index (χ3v) is 4.44. The van der Waals surface area contributed by atoms with E-state index in [2.05, 4.69) is 37.3 Å². The lowest BCUT2D eigenvalue weighted by atomic mass is 9.77. The number of piperidine rings is 1. The van der Waals surface area contributed by atoms with Crippen LogP contribution in [-0.4, -0.2) is 33.6 Å².